The number of halogens is 1. The molecule has 37 heavy (non-hydrogen) atoms. The molecule has 2 aromatic heterocycles. The van der Waals surface area contributed by atoms with Crippen LogP contribution in [0.1, 0.15) is 18.5 Å². The van der Waals surface area contributed by atoms with Crippen LogP contribution in [0.15, 0.2) is 35.1 Å². The molecule has 5 rings (SSSR count). The van der Waals surface area contributed by atoms with Crippen LogP contribution in [0.2, 0.25) is 0 Å². The summed E-state index contributed by atoms with van der Waals surface area (Å²) in [6.07, 6.45) is 1.52. The third-order valence-electron chi connectivity index (χ3n) is 6.50. The lowest BCUT2D eigenvalue weighted by atomic mass is 10.0. The fraction of sp³-hybridized carbons (Fsp3) is 0.478. The zero-order valence-electron chi connectivity index (χ0n) is 20.7. The number of aryl methyl sites for hydroxylation is 1. The monoisotopic (exact) mass is 530 g/mol. The highest BCUT2D eigenvalue weighted by atomic mass is 35.5. The lowest BCUT2D eigenvalue weighted by Gasteiger charge is -2.37. The van der Waals surface area contributed by atoms with Gasteiger partial charge in [0.15, 0.2) is 0 Å². The molecule has 0 amide bonds. The summed E-state index contributed by atoms with van der Waals surface area (Å²) in [5.74, 6) is 1.42. The molecule has 13 nitrogen and oxygen atoms in total. The minimum Gasteiger partial charge on any atom is -0.338 e. The topological polar surface area (TPSA) is 199 Å². The van der Waals surface area contributed by atoms with Crippen molar-refractivity contribution in [3.8, 4) is 5.69 Å². The van der Waals surface area contributed by atoms with E-state index in [1.165, 1.54) is 0 Å². The van der Waals surface area contributed by atoms with E-state index in [0.717, 1.165) is 29.9 Å². The van der Waals surface area contributed by atoms with Gasteiger partial charge in [-0.1, -0.05) is 0 Å². The molecule has 2 aliphatic rings. The number of benzene rings is 1. The van der Waals surface area contributed by atoms with Crippen molar-refractivity contribution in [1.82, 2.24) is 24.7 Å². The third kappa shape index (κ3) is 6.19. The Hall–Kier alpha value is -3.23. The van der Waals surface area contributed by atoms with Gasteiger partial charge in [-0.3, -0.25) is 14.6 Å². The van der Waals surface area contributed by atoms with Gasteiger partial charge in [-0.25, -0.2) is 0 Å². The molecule has 0 aliphatic carbocycles. The third-order valence-corrected chi connectivity index (χ3v) is 6.50. The maximum atomic E-state index is 11.6. The number of aromatic amines is 1. The minimum absolute atomic E-state index is 0. The number of rotatable bonds is 5. The second-order valence-electron chi connectivity index (χ2n) is 9.85. The predicted molar refractivity (Wildman–Crippen MR) is 147 cm³/mol. The molecule has 14 heteroatoms. The zero-order chi connectivity index (χ0) is 25.4. The number of H-pyrrole nitrogens is 1. The second-order valence-corrected chi connectivity index (χ2v) is 9.85. The van der Waals surface area contributed by atoms with E-state index >= 15 is 0 Å². The van der Waals surface area contributed by atoms with Crippen molar-refractivity contribution < 1.29 is 0 Å². The Bertz CT molecular complexity index is 1200. The first-order chi connectivity index (χ1) is 17.2. The van der Waals surface area contributed by atoms with Gasteiger partial charge in [0.1, 0.15) is 0 Å². The number of nitrogens with one attached hydrogen (secondary N) is 2. The predicted octanol–water partition coefficient (Wildman–Crippen LogP) is -0.446. The average Bonchev–Trinajstić information content (AvgIpc) is 3.16. The number of nitrogens with zero attached hydrogens (tertiary/aromatic N) is 6. The van der Waals surface area contributed by atoms with Crippen LogP contribution in [0.3, 0.4) is 0 Å². The van der Waals surface area contributed by atoms with E-state index in [-0.39, 0.29) is 42.1 Å². The van der Waals surface area contributed by atoms with Crippen molar-refractivity contribution >= 4 is 35.9 Å². The maximum Gasteiger partial charge on any atom is 0.264 e. The molecule has 0 spiro atoms. The van der Waals surface area contributed by atoms with E-state index in [0.29, 0.717) is 44.0 Å². The van der Waals surface area contributed by atoms with E-state index in [4.69, 9.17) is 37.9 Å². The van der Waals surface area contributed by atoms with Crippen LogP contribution in [-0.2, 0) is 0 Å². The number of aromatic nitrogens is 5. The Kier molecular flexibility index (Phi) is 7.99. The van der Waals surface area contributed by atoms with Gasteiger partial charge in [0, 0.05) is 67.8 Å². The van der Waals surface area contributed by atoms with Crippen LogP contribution >= 0.6 is 12.4 Å². The highest BCUT2D eigenvalue weighted by molar-refractivity contribution is 5.85. The highest BCUT2D eigenvalue weighted by Crippen LogP contribution is 2.24. The van der Waals surface area contributed by atoms with Gasteiger partial charge in [-0.05, 0) is 44.0 Å². The SMILES string of the molecule is Cc1cc(=O)[nH]n1-c1ccc(Nc2nc(N3C[C@H](N)C[C@H](N)C3)nc(N3C[C@H](N)C[C@H](N)C3)n2)cc1.Cl. The molecule has 0 radical (unpaired) electrons. The summed E-state index contributed by atoms with van der Waals surface area (Å²) in [6, 6.07) is 8.93. The number of anilines is 4. The van der Waals surface area contributed by atoms with Gasteiger partial charge < -0.3 is 38.1 Å². The smallest absolute Gasteiger partial charge is 0.264 e. The normalized spacial score (nSPS) is 24.0. The lowest BCUT2D eigenvalue weighted by Crippen LogP contribution is -2.54. The van der Waals surface area contributed by atoms with Gasteiger partial charge in [-0.15, -0.1) is 12.4 Å². The fourth-order valence-electron chi connectivity index (χ4n) is 4.95. The van der Waals surface area contributed by atoms with Crippen LogP contribution in [0.25, 0.3) is 5.69 Å². The summed E-state index contributed by atoms with van der Waals surface area (Å²) >= 11 is 0. The number of piperidine rings is 2. The average molecular weight is 531 g/mol. The van der Waals surface area contributed by atoms with Gasteiger partial charge in [0.25, 0.3) is 5.56 Å². The molecule has 2 saturated heterocycles. The lowest BCUT2D eigenvalue weighted by molar-refractivity contribution is 0.441. The number of hydrogen-bond donors (Lipinski definition) is 6. The molecule has 0 saturated carbocycles. The Morgan fingerprint density at radius 2 is 1.32 bits per heavy atom. The Labute approximate surface area is 221 Å². The van der Waals surface area contributed by atoms with E-state index in [2.05, 4.69) is 10.4 Å². The van der Waals surface area contributed by atoms with E-state index < -0.39 is 0 Å². The molecule has 2 aliphatic heterocycles. The van der Waals surface area contributed by atoms with Crippen molar-refractivity contribution in [2.24, 2.45) is 22.9 Å². The molecular formula is C23H35ClN12O. The van der Waals surface area contributed by atoms with Crippen molar-refractivity contribution in [2.75, 3.05) is 41.3 Å². The second kappa shape index (κ2) is 11.0. The van der Waals surface area contributed by atoms with E-state index in [1.807, 2.05) is 41.0 Å². The summed E-state index contributed by atoms with van der Waals surface area (Å²) in [5, 5.41) is 6.07. The van der Waals surface area contributed by atoms with Crippen LogP contribution in [-0.4, -0.2) is 75.1 Å². The first-order valence-electron chi connectivity index (χ1n) is 12.2. The van der Waals surface area contributed by atoms with Crippen molar-refractivity contribution in [3.05, 3.63) is 46.4 Å². The van der Waals surface area contributed by atoms with Crippen LogP contribution in [0.4, 0.5) is 23.5 Å². The summed E-state index contributed by atoms with van der Waals surface area (Å²) in [5.41, 5.74) is 27.2. The Morgan fingerprint density at radius 1 is 0.838 bits per heavy atom. The quantitative estimate of drug-likeness (QED) is 0.249. The number of hydrogen-bond acceptors (Lipinski definition) is 11. The minimum atomic E-state index is -0.144. The molecule has 3 aromatic rings. The highest BCUT2D eigenvalue weighted by Gasteiger charge is 2.28. The Balaban J connectivity index is 0.00000320. The molecule has 4 atom stereocenters. The summed E-state index contributed by atoms with van der Waals surface area (Å²) in [4.78, 5) is 29.8. The first kappa shape index (κ1) is 26.8. The molecule has 0 bridgehead atoms. The fourth-order valence-corrected chi connectivity index (χ4v) is 4.95. The van der Waals surface area contributed by atoms with Gasteiger partial charge in [0.2, 0.25) is 17.8 Å². The van der Waals surface area contributed by atoms with Crippen LogP contribution < -0.4 is 43.6 Å². The largest absolute Gasteiger partial charge is 0.338 e. The van der Waals surface area contributed by atoms with Crippen LogP contribution in [0, 0.1) is 6.92 Å². The summed E-state index contributed by atoms with van der Waals surface area (Å²) in [6.45, 7) is 4.31. The van der Waals surface area contributed by atoms with Gasteiger partial charge in [0.05, 0.1) is 5.69 Å². The maximum absolute atomic E-state index is 11.6. The standard InChI is InChI=1S/C23H34N12O.ClH/c1-13-6-20(36)32-35(13)19-4-2-18(3-5-19)28-21-29-22(33-9-14(24)7-15(25)10-33)31-23(30-21)34-11-16(26)8-17(27)12-34;/h2-6,14-17H,7-12,24-27H2,1H3,(H,32,36)(H,28,29,30,31);1H/t14-,15+,16-,17+;. The molecule has 1 aromatic carbocycles. The molecule has 2 fully saturated rings. The zero-order valence-corrected chi connectivity index (χ0v) is 21.6. The summed E-state index contributed by atoms with van der Waals surface area (Å²) in [7, 11) is 0. The van der Waals surface area contributed by atoms with Crippen molar-refractivity contribution in [2.45, 2.75) is 43.9 Å². The van der Waals surface area contributed by atoms with Crippen molar-refractivity contribution in [1.29, 1.82) is 0 Å². The van der Waals surface area contributed by atoms with E-state index in [1.54, 1.807) is 10.7 Å². The van der Waals surface area contributed by atoms with E-state index in [9.17, 15) is 4.79 Å². The van der Waals surface area contributed by atoms with Crippen molar-refractivity contribution in [3.63, 3.8) is 0 Å². The Morgan fingerprint density at radius 3 is 1.76 bits per heavy atom. The van der Waals surface area contributed by atoms with Gasteiger partial charge >= 0.3 is 0 Å². The summed E-state index contributed by atoms with van der Waals surface area (Å²) < 4.78 is 1.73. The molecule has 10 N–H and O–H groups in total. The number of nitrogens with two attached hydrogens (primary N) is 4. The first-order valence-corrected chi connectivity index (χ1v) is 12.2. The molecule has 0 unspecified atom stereocenters. The molecule has 4 heterocycles. The van der Waals surface area contributed by atoms with Gasteiger partial charge in [-0.2, -0.15) is 15.0 Å². The molecule has 200 valence electrons. The molecular weight excluding hydrogens is 496 g/mol. The van der Waals surface area contributed by atoms with Crippen LogP contribution in [0.5, 0.6) is 0 Å².